The van der Waals surface area contributed by atoms with Crippen LogP contribution in [-0.4, -0.2) is 43.5 Å². The van der Waals surface area contributed by atoms with Crippen molar-refractivity contribution in [2.75, 3.05) is 32.7 Å². The largest absolute Gasteiger partial charge is 0.355 e. The highest BCUT2D eigenvalue weighted by Crippen LogP contribution is 2.30. The highest BCUT2D eigenvalue weighted by molar-refractivity contribution is 5.78. The summed E-state index contributed by atoms with van der Waals surface area (Å²) in [4.78, 5) is 14.6. The van der Waals surface area contributed by atoms with Gasteiger partial charge in [-0.15, -0.1) is 0 Å². The molecule has 20 heavy (non-hydrogen) atoms. The van der Waals surface area contributed by atoms with Crippen molar-refractivity contribution in [1.29, 1.82) is 0 Å². The van der Waals surface area contributed by atoms with Crippen LogP contribution in [0.15, 0.2) is 0 Å². The van der Waals surface area contributed by atoms with E-state index in [2.05, 4.69) is 17.1 Å². The first-order chi connectivity index (χ1) is 9.69. The first kappa shape index (κ1) is 15.8. The van der Waals surface area contributed by atoms with E-state index in [-0.39, 0.29) is 11.8 Å². The molecule has 3 unspecified atom stereocenters. The van der Waals surface area contributed by atoms with Gasteiger partial charge in [-0.2, -0.15) is 0 Å². The van der Waals surface area contributed by atoms with Gasteiger partial charge in [0.1, 0.15) is 0 Å². The van der Waals surface area contributed by atoms with Crippen molar-refractivity contribution in [3.63, 3.8) is 0 Å². The van der Waals surface area contributed by atoms with Crippen molar-refractivity contribution < 1.29 is 4.79 Å². The van der Waals surface area contributed by atoms with E-state index in [1.165, 1.54) is 38.8 Å². The lowest BCUT2D eigenvalue weighted by Crippen LogP contribution is -2.45. The van der Waals surface area contributed by atoms with E-state index in [4.69, 9.17) is 5.73 Å². The number of carbonyl (C=O) groups is 1. The summed E-state index contributed by atoms with van der Waals surface area (Å²) in [6.07, 6.45) is 7.74. The Hall–Kier alpha value is -0.610. The summed E-state index contributed by atoms with van der Waals surface area (Å²) in [6, 6.07) is 0. The molecule has 2 aliphatic rings. The molecule has 4 nitrogen and oxygen atoms in total. The van der Waals surface area contributed by atoms with Gasteiger partial charge in [0.25, 0.3) is 0 Å². The summed E-state index contributed by atoms with van der Waals surface area (Å²) >= 11 is 0. The molecule has 1 aliphatic heterocycles. The quantitative estimate of drug-likeness (QED) is 0.805. The van der Waals surface area contributed by atoms with E-state index in [9.17, 15) is 4.79 Å². The molecule has 1 amide bonds. The number of nitrogens with two attached hydrogens (primary N) is 1. The minimum atomic E-state index is 0.177. The molecule has 0 aromatic rings. The van der Waals surface area contributed by atoms with Crippen molar-refractivity contribution in [1.82, 2.24) is 10.2 Å². The number of amides is 1. The fourth-order valence-corrected chi connectivity index (χ4v) is 3.87. The zero-order valence-corrected chi connectivity index (χ0v) is 12.9. The third-order valence-corrected chi connectivity index (χ3v) is 4.88. The molecular weight excluding hydrogens is 250 g/mol. The molecule has 1 aliphatic carbocycles. The van der Waals surface area contributed by atoms with Gasteiger partial charge in [-0.3, -0.25) is 4.79 Å². The van der Waals surface area contributed by atoms with Crippen LogP contribution in [0, 0.1) is 17.8 Å². The topological polar surface area (TPSA) is 58.4 Å². The second kappa shape index (κ2) is 7.99. The monoisotopic (exact) mass is 281 g/mol. The fraction of sp³-hybridized carbons (Fsp3) is 0.938. The first-order valence-corrected chi connectivity index (χ1v) is 8.39. The Labute approximate surface area is 123 Å². The van der Waals surface area contributed by atoms with E-state index in [1.807, 2.05) is 0 Å². The van der Waals surface area contributed by atoms with Crippen LogP contribution >= 0.6 is 0 Å². The number of nitrogens with one attached hydrogen (secondary N) is 1. The molecule has 1 saturated carbocycles. The summed E-state index contributed by atoms with van der Waals surface area (Å²) in [6.45, 7) is 6.83. The Kier molecular flexibility index (Phi) is 6.30. The molecule has 2 fully saturated rings. The highest BCUT2D eigenvalue weighted by atomic mass is 16.1. The smallest absolute Gasteiger partial charge is 0.224 e. The van der Waals surface area contributed by atoms with Gasteiger partial charge in [-0.25, -0.2) is 0 Å². The summed E-state index contributed by atoms with van der Waals surface area (Å²) in [5, 5.41) is 2.94. The minimum absolute atomic E-state index is 0.177. The van der Waals surface area contributed by atoms with Gasteiger partial charge >= 0.3 is 0 Å². The third-order valence-electron chi connectivity index (χ3n) is 4.88. The van der Waals surface area contributed by atoms with Crippen molar-refractivity contribution in [3.05, 3.63) is 0 Å². The second-order valence-electron chi connectivity index (χ2n) is 6.82. The number of likely N-dealkylation sites (tertiary alicyclic amines) is 1. The predicted octanol–water partition coefficient (Wildman–Crippen LogP) is 1.60. The number of hydrogen-bond donors (Lipinski definition) is 2. The normalized spacial score (nSPS) is 32.0. The lowest BCUT2D eigenvalue weighted by atomic mass is 9.82. The first-order valence-electron chi connectivity index (χ1n) is 8.39. The Morgan fingerprint density at radius 1 is 1.30 bits per heavy atom. The van der Waals surface area contributed by atoms with Gasteiger partial charge in [0.15, 0.2) is 0 Å². The van der Waals surface area contributed by atoms with Gasteiger partial charge in [0.2, 0.25) is 5.91 Å². The number of rotatable bonds is 5. The summed E-state index contributed by atoms with van der Waals surface area (Å²) in [5.74, 6) is 2.13. The van der Waals surface area contributed by atoms with Crippen LogP contribution in [0.25, 0.3) is 0 Å². The minimum Gasteiger partial charge on any atom is -0.355 e. The van der Waals surface area contributed by atoms with Gasteiger partial charge < -0.3 is 16.0 Å². The molecule has 0 radical (unpaired) electrons. The number of nitrogens with zero attached hydrogens (tertiary/aromatic N) is 1. The van der Waals surface area contributed by atoms with E-state index in [1.54, 1.807) is 0 Å². The summed E-state index contributed by atoms with van der Waals surface area (Å²) in [7, 11) is 0. The van der Waals surface area contributed by atoms with Gasteiger partial charge in [-0.1, -0.05) is 19.8 Å². The Bertz CT molecular complexity index is 308. The zero-order valence-electron chi connectivity index (χ0n) is 12.9. The molecule has 0 spiro atoms. The predicted molar refractivity (Wildman–Crippen MR) is 82.4 cm³/mol. The molecule has 0 bridgehead atoms. The fourth-order valence-electron chi connectivity index (χ4n) is 3.87. The maximum Gasteiger partial charge on any atom is 0.224 e. The SMILES string of the molecule is CC1CCCC(CN2CCCC(C(=O)NCCN)C2)C1. The van der Waals surface area contributed by atoms with Crippen LogP contribution in [0.4, 0.5) is 0 Å². The van der Waals surface area contributed by atoms with Crippen LogP contribution in [0.1, 0.15) is 45.4 Å². The summed E-state index contributed by atoms with van der Waals surface area (Å²) < 4.78 is 0. The second-order valence-corrected chi connectivity index (χ2v) is 6.82. The van der Waals surface area contributed by atoms with Crippen LogP contribution in [-0.2, 0) is 4.79 Å². The van der Waals surface area contributed by atoms with Crippen molar-refractivity contribution in [2.24, 2.45) is 23.5 Å². The van der Waals surface area contributed by atoms with E-state index < -0.39 is 0 Å². The molecule has 0 aromatic heterocycles. The number of piperidine rings is 1. The summed E-state index contributed by atoms with van der Waals surface area (Å²) in [5.41, 5.74) is 5.45. The molecule has 3 atom stereocenters. The molecule has 0 aromatic carbocycles. The van der Waals surface area contributed by atoms with Gasteiger partial charge in [-0.05, 0) is 44.1 Å². The molecule has 2 rings (SSSR count). The van der Waals surface area contributed by atoms with Crippen molar-refractivity contribution in [3.8, 4) is 0 Å². The molecular formula is C16H31N3O. The molecule has 4 heteroatoms. The maximum absolute atomic E-state index is 12.1. The molecule has 116 valence electrons. The number of carbonyl (C=O) groups excluding carboxylic acids is 1. The van der Waals surface area contributed by atoms with Crippen molar-refractivity contribution in [2.45, 2.75) is 45.4 Å². The van der Waals surface area contributed by atoms with Crippen LogP contribution in [0.2, 0.25) is 0 Å². The van der Waals surface area contributed by atoms with E-state index >= 15 is 0 Å². The Morgan fingerprint density at radius 2 is 2.15 bits per heavy atom. The van der Waals surface area contributed by atoms with E-state index in [0.29, 0.717) is 13.1 Å². The molecule has 3 N–H and O–H groups in total. The zero-order chi connectivity index (χ0) is 14.4. The lowest BCUT2D eigenvalue weighted by Gasteiger charge is -2.36. The van der Waals surface area contributed by atoms with Crippen LogP contribution in [0.5, 0.6) is 0 Å². The van der Waals surface area contributed by atoms with Gasteiger partial charge in [0, 0.05) is 26.2 Å². The Balaban J connectivity index is 1.76. The van der Waals surface area contributed by atoms with Crippen molar-refractivity contribution >= 4 is 5.91 Å². The third kappa shape index (κ3) is 4.74. The van der Waals surface area contributed by atoms with E-state index in [0.717, 1.165) is 31.2 Å². The average Bonchev–Trinajstić information content (AvgIpc) is 2.45. The molecule has 1 heterocycles. The van der Waals surface area contributed by atoms with Gasteiger partial charge in [0.05, 0.1) is 5.92 Å². The average molecular weight is 281 g/mol. The Morgan fingerprint density at radius 3 is 2.90 bits per heavy atom. The van der Waals surface area contributed by atoms with Crippen LogP contribution in [0.3, 0.4) is 0 Å². The maximum atomic E-state index is 12.1. The van der Waals surface area contributed by atoms with Crippen LogP contribution < -0.4 is 11.1 Å². The standard InChI is InChI=1S/C16H31N3O/c1-13-4-2-5-14(10-13)11-19-9-3-6-15(12-19)16(20)18-8-7-17/h13-15H,2-12,17H2,1H3,(H,18,20). The number of hydrogen-bond acceptors (Lipinski definition) is 3. The lowest BCUT2D eigenvalue weighted by molar-refractivity contribution is -0.126. The molecule has 1 saturated heterocycles. The highest BCUT2D eigenvalue weighted by Gasteiger charge is 2.28.